The van der Waals surface area contributed by atoms with Crippen molar-refractivity contribution in [3.63, 3.8) is 0 Å². The van der Waals surface area contributed by atoms with Gasteiger partial charge in [-0.1, -0.05) is 31.6 Å². The molecule has 0 saturated heterocycles. The highest BCUT2D eigenvalue weighted by Crippen LogP contribution is 2.25. The zero-order valence-corrected chi connectivity index (χ0v) is 11.0. The molecule has 0 amide bonds. The van der Waals surface area contributed by atoms with E-state index in [9.17, 15) is 4.79 Å². The van der Waals surface area contributed by atoms with Gasteiger partial charge in [-0.15, -0.1) is 11.3 Å². The van der Waals surface area contributed by atoms with Gasteiger partial charge in [0.1, 0.15) is 0 Å². The van der Waals surface area contributed by atoms with Crippen LogP contribution in [0.2, 0.25) is 0 Å². The van der Waals surface area contributed by atoms with E-state index in [1.54, 1.807) is 17.4 Å². The average Bonchev–Trinajstić information content (AvgIpc) is 2.83. The maximum atomic E-state index is 12.2. The van der Waals surface area contributed by atoms with E-state index in [0.29, 0.717) is 0 Å². The molecule has 0 atom stereocenters. The van der Waals surface area contributed by atoms with Crippen LogP contribution in [0.3, 0.4) is 0 Å². The lowest BCUT2D eigenvalue weighted by atomic mass is 10.0. The third kappa shape index (κ3) is 2.47. The Labute approximate surface area is 106 Å². The number of allylic oxidation sites excluding steroid dienone is 2. The van der Waals surface area contributed by atoms with Crippen LogP contribution in [-0.2, 0) is 0 Å². The summed E-state index contributed by atoms with van der Waals surface area (Å²) in [7, 11) is 0. The number of rotatable bonds is 4. The van der Waals surface area contributed by atoms with Gasteiger partial charge in [0, 0.05) is 10.3 Å². The van der Waals surface area contributed by atoms with Gasteiger partial charge in [-0.3, -0.25) is 4.79 Å². The van der Waals surface area contributed by atoms with E-state index in [-0.39, 0.29) is 5.78 Å². The molecule has 2 aromatic rings. The zero-order valence-electron chi connectivity index (χ0n) is 10.2. The summed E-state index contributed by atoms with van der Waals surface area (Å²) in [4.78, 5) is 12.2. The van der Waals surface area contributed by atoms with E-state index >= 15 is 0 Å². The lowest BCUT2D eigenvalue weighted by molar-refractivity contribution is 0.104. The molecule has 0 aliphatic heterocycles. The molecule has 88 valence electrons. The number of ketones is 1. The van der Waals surface area contributed by atoms with Crippen molar-refractivity contribution >= 4 is 27.2 Å². The molecule has 0 spiro atoms. The number of thiophene rings is 1. The Bertz CT molecular complexity index is 557. The summed E-state index contributed by atoms with van der Waals surface area (Å²) in [5.74, 6) is 0.136. The topological polar surface area (TPSA) is 17.1 Å². The van der Waals surface area contributed by atoms with Gasteiger partial charge in [0.25, 0.3) is 0 Å². The molecule has 0 saturated carbocycles. The molecule has 1 heterocycles. The van der Waals surface area contributed by atoms with Crippen LogP contribution in [0.25, 0.3) is 10.1 Å². The summed E-state index contributed by atoms with van der Waals surface area (Å²) < 4.78 is 1.10. The molecule has 0 unspecified atom stereocenters. The molecule has 0 N–H and O–H groups in total. The summed E-state index contributed by atoms with van der Waals surface area (Å²) in [5, 5.41) is 3.19. The first kappa shape index (κ1) is 12.1. The van der Waals surface area contributed by atoms with Crippen LogP contribution in [0, 0.1) is 0 Å². The number of carbonyl (C=O) groups is 1. The Morgan fingerprint density at radius 2 is 2.00 bits per heavy atom. The van der Waals surface area contributed by atoms with Crippen molar-refractivity contribution < 1.29 is 4.79 Å². The molecule has 0 bridgehead atoms. The van der Waals surface area contributed by atoms with Crippen molar-refractivity contribution in [3.05, 3.63) is 46.9 Å². The van der Waals surface area contributed by atoms with Crippen molar-refractivity contribution in [1.29, 1.82) is 0 Å². The number of carbonyl (C=O) groups excluding carboxylic acids is 1. The van der Waals surface area contributed by atoms with Gasteiger partial charge in [-0.2, -0.15) is 0 Å². The summed E-state index contributed by atoms with van der Waals surface area (Å²) >= 11 is 1.63. The molecule has 0 fully saturated rings. The van der Waals surface area contributed by atoms with E-state index in [1.165, 1.54) is 5.57 Å². The fourth-order valence-electron chi connectivity index (χ4n) is 1.90. The largest absolute Gasteiger partial charge is 0.289 e. The van der Waals surface area contributed by atoms with Crippen molar-refractivity contribution in [2.75, 3.05) is 0 Å². The van der Waals surface area contributed by atoms with Crippen LogP contribution in [0.1, 0.15) is 37.0 Å². The molecular formula is C15H16OS. The van der Waals surface area contributed by atoms with Crippen LogP contribution in [0.15, 0.2) is 41.3 Å². The minimum Gasteiger partial charge on any atom is -0.289 e. The molecule has 1 aromatic carbocycles. The quantitative estimate of drug-likeness (QED) is 0.556. The molecule has 2 heteroatoms. The Hall–Kier alpha value is -1.41. The number of hydrogen-bond acceptors (Lipinski definition) is 2. The van der Waals surface area contributed by atoms with E-state index in [1.807, 2.05) is 23.6 Å². The maximum Gasteiger partial charge on any atom is 0.187 e. The van der Waals surface area contributed by atoms with Gasteiger partial charge in [0.2, 0.25) is 0 Å². The van der Waals surface area contributed by atoms with Gasteiger partial charge < -0.3 is 0 Å². The Morgan fingerprint density at radius 1 is 1.24 bits per heavy atom. The van der Waals surface area contributed by atoms with Crippen LogP contribution >= 0.6 is 11.3 Å². The van der Waals surface area contributed by atoms with E-state index < -0.39 is 0 Å². The Balaban J connectivity index is 2.43. The van der Waals surface area contributed by atoms with Gasteiger partial charge >= 0.3 is 0 Å². The molecule has 1 aromatic heterocycles. The third-order valence-corrected chi connectivity index (χ3v) is 3.95. The highest BCUT2D eigenvalue weighted by molar-refractivity contribution is 7.17. The minimum atomic E-state index is 0.136. The molecule has 2 rings (SSSR count). The van der Waals surface area contributed by atoms with Crippen molar-refractivity contribution in [3.8, 4) is 0 Å². The normalized spacial score (nSPS) is 10.5. The second-order valence-corrected chi connectivity index (χ2v) is 4.93. The predicted molar refractivity (Wildman–Crippen MR) is 74.8 cm³/mol. The maximum absolute atomic E-state index is 12.2. The molecule has 1 nitrogen and oxygen atoms in total. The highest BCUT2D eigenvalue weighted by Gasteiger charge is 2.09. The molecular weight excluding hydrogens is 228 g/mol. The first-order valence-electron chi connectivity index (χ1n) is 5.96. The number of fused-ring (bicyclic) bond motifs is 1. The second kappa shape index (κ2) is 5.28. The SMILES string of the molecule is CCC(=CC(=O)c1cccc2ccsc12)CC. The van der Waals surface area contributed by atoms with Gasteiger partial charge in [0.15, 0.2) is 5.78 Å². The number of benzene rings is 1. The lowest BCUT2D eigenvalue weighted by Gasteiger charge is -2.01. The van der Waals surface area contributed by atoms with Crippen molar-refractivity contribution in [2.24, 2.45) is 0 Å². The minimum absolute atomic E-state index is 0.136. The van der Waals surface area contributed by atoms with Gasteiger partial charge in [0.05, 0.1) is 0 Å². The summed E-state index contributed by atoms with van der Waals surface area (Å²) in [6, 6.07) is 7.97. The first-order valence-corrected chi connectivity index (χ1v) is 6.84. The summed E-state index contributed by atoms with van der Waals surface area (Å²) in [6.45, 7) is 4.18. The van der Waals surface area contributed by atoms with Gasteiger partial charge in [-0.05, 0) is 41.8 Å². The van der Waals surface area contributed by atoms with Crippen molar-refractivity contribution in [2.45, 2.75) is 26.7 Å². The van der Waals surface area contributed by atoms with E-state index in [0.717, 1.165) is 28.5 Å². The molecule has 0 radical (unpaired) electrons. The fourth-order valence-corrected chi connectivity index (χ4v) is 2.82. The summed E-state index contributed by atoms with van der Waals surface area (Å²) in [5.41, 5.74) is 2.04. The second-order valence-electron chi connectivity index (χ2n) is 4.02. The van der Waals surface area contributed by atoms with Crippen molar-refractivity contribution in [1.82, 2.24) is 0 Å². The fraction of sp³-hybridized carbons (Fsp3) is 0.267. The lowest BCUT2D eigenvalue weighted by Crippen LogP contribution is -1.96. The average molecular weight is 244 g/mol. The number of hydrogen-bond donors (Lipinski definition) is 0. The smallest absolute Gasteiger partial charge is 0.187 e. The molecule has 17 heavy (non-hydrogen) atoms. The van der Waals surface area contributed by atoms with Gasteiger partial charge in [-0.25, -0.2) is 0 Å². The third-order valence-electron chi connectivity index (χ3n) is 2.99. The van der Waals surface area contributed by atoms with E-state index in [2.05, 4.69) is 19.9 Å². The standard InChI is InChI=1S/C15H16OS/c1-3-11(4-2)10-14(16)13-7-5-6-12-8-9-17-15(12)13/h5-10H,3-4H2,1-2H3. The Morgan fingerprint density at radius 3 is 2.71 bits per heavy atom. The monoisotopic (exact) mass is 244 g/mol. The van der Waals surface area contributed by atoms with Crippen LogP contribution in [0.4, 0.5) is 0 Å². The van der Waals surface area contributed by atoms with Crippen LogP contribution < -0.4 is 0 Å². The predicted octanol–water partition coefficient (Wildman–Crippen LogP) is 4.83. The molecule has 0 aliphatic rings. The Kier molecular flexibility index (Phi) is 3.75. The zero-order chi connectivity index (χ0) is 12.3. The van der Waals surface area contributed by atoms with Crippen LogP contribution in [-0.4, -0.2) is 5.78 Å². The van der Waals surface area contributed by atoms with Crippen LogP contribution in [0.5, 0.6) is 0 Å². The molecule has 0 aliphatic carbocycles. The highest BCUT2D eigenvalue weighted by atomic mass is 32.1. The van der Waals surface area contributed by atoms with E-state index in [4.69, 9.17) is 0 Å². The first-order chi connectivity index (χ1) is 8.26. The summed E-state index contributed by atoms with van der Waals surface area (Å²) in [6.07, 6.45) is 3.69.